The van der Waals surface area contributed by atoms with E-state index in [-0.39, 0.29) is 24.0 Å². The summed E-state index contributed by atoms with van der Waals surface area (Å²) in [6, 6.07) is 12.3. The maximum Gasteiger partial charge on any atom is 0.194 e. The van der Waals surface area contributed by atoms with Gasteiger partial charge in [0, 0.05) is 64.8 Å². The summed E-state index contributed by atoms with van der Waals surface area (Å²) in [5, 5.41) is 11.9. The van der Waals surface area contributed by atoms with Crippen molar-refractivity contribution in [2.75, 3.05) is 33.2 Å². The van der Waals surface area contributed by atoms with Crippen LogP contribution in [0.4, 0.5) is 0 Å². The van der Waals surface area contributed by atoms with Crippen LogP contribution in [0.25, 0.3) is 5.69 Å². The maximum absolute atomic E-state index is 5.17. The van der Waals surface area contributed by atoms with Crippen LogP contribution in [-0.4, -0.2) is 63.9 Å². The Bertz CT molecular complexity index is 946. The van der Waals surface area contributed by atoms with Gasteiger partial charge in [0.15, 0.2) is 5.96 Å². The van der Waals surface area contributed by atoms with E-state index in [2.05, 4.69) is 54.6 Å². The number of hydrogen-bond acceptors (Lipinski definition) is 5. The number of benzene rings is 1. The van der Waals surface area contributed by atoms with Crippen molar-refractivity contribution in [1.29, 1.82) is 0 Å². The molecule has 160 valence electrons. The Labute approximate surface area is 194 Å². The normalized spacial score (nSPS) is 15.1. The van der Waals surface area contributed by atoms with E-state index < -0.39 is 0 Å². The maximum atomic E-state index is 5.17. The van der Waals surface area contributed by atoms with Crippen molar-refractivity contribution in [2.24, 2.45) is 4.99 Å². The zero-order valence-corrected chi connectivity index (χ0v) is 19.7. The topological polar surface area (TPSA) is 74.7 Å². The van der Waals surface area contributed by atoms with Gasteiger partial charge in [0.05, 0.1) is 11.4 Å². The Morgan fingerprint density at radius 3 is 2.67 bits per heavy atom. The van der Waals surface area contributed by atoms with Crippen molar-refractivity contribution in [3.05, 3.63) is 65.8 Å². The molecule has 1 aromatic carbocycles. The molecule has 0 amide bonds. The Morgan fingerprint density at radius 2 is 2.00 bits per heavy atom. The van der Waals surface area contributed by atoms with Gasteiger partial charge in [-0.15, -0.1) is 24.0 Å². The Balaban J connectivity index is 0.00000256. The SMILES string of the molecule is CN=C(NCc1cccc(-n2cccn2)c1)N1CCN(Cc2cc(C)on2)CC1.I. The van der Waals surface area contributed by atoms with Crippen LogP contribution >= 0.6 is 24.0 Å². The molecule has 3 heterocycles. The molecule has 30 heavy (non-hydrogen) atoms. The molecular weight excluding hydrogens is 493 g/mol. The number of halogens is 1. The molecule has 0 unspecified atom stereocenters. The smallest absolute Gasteiger partial charge is 0.194 e. The van der Waals surface area contributed by atoms with Crippen molar-refractivity contribution < 1.29 is 4.52 Å². The third-order valence-electron chi connectivity index (χ3n) is 5.08. The van der Waals surface area contributed by atoms with Gasteiger partial charge in [-0.2, -0.15) is 5.10 Å². The summed E-state index contributed by atoms with van der Waals surface area (Å²) < 4.78 is 7.04. The Morgan fingerprint density at radius 1 is 1.17 bits per heavy atom. The largest absolute Gasteiger partial charge is 0.361 e. The summed E-state index contributed by atoms with van der Waals surface area (Å²) in [4.78, 5) is 9.18. The summed E-state index contributed by atoms with van der Waals surface area (Å²) in [6.07, 6.45) is 3.74. The fraction of sp³-hybridized carbons (Fsp3) is 0.381. The minimum absolute atomic E-state index is 0. The third-order valence-corrected chi connectivity index (χ3v) is 5.08. The first-order valence-electron chi connectivity index (χ1n) is 9.90. The lowest BCUT2D eigenvalue weighted by Gasteiger charge is -2.36. The lowest BCUT2D eigenvalue weighted by molar-refractivity contribution is 0.169. The molecule has 0 spiro atoms. The fourth-order valence-corrected chi connectivity index (χ4v) is 3.58. The molecule has 1 N–H and O–H groups in total. The molecule has 1 aliphatic heterocycles. The second-order valence-electron chi connectivity index (χ2n) is 7.21. The lowest BCUT2D eigenvalue weighted by Crippen LogP contribution is -2.52. The zero-order chi connectivity index (χ0) is 20.1. The molecule has 1 saturated heterocycles. The van der Waals surface area contributed by atoms with Crippen LogP contribution in [0.3, 0.4) is 0 Å². The highest BCUT2D eigenvalue weighted by Crippen LogP contribution is 2.11. The van der Waals surface area contributed by atoms with E-state index in [4.69, 9.17) is 4.52 Å². The first kappa shape index (κ1) is 22.3. The number of piperazine rings is 1. The summed E-state index contributed by atoms with van der Waals surface area (Å²) >= 11 is 0. The first-order chi connectivity index (χ1) is 14.2. The molecule has 9 heteroatoms. The van der Waals surface area contributed by atoms with E-state index in [0.717, 1.165) is 62.4 Å². The van der Waals surface area contributed by atoms with E-state index in [1.165, 1.54) is 5.56 Å². The van der Waals surface area contributed by atoms with Crippen LogP contribution in [0.2, 0.25) is 0 Å². The van der Waals surface area contributed by atoms with Gasteiger partial charge in [0.2, 0.25) is 0 Å². The molecular formula is C21H28IN7O. The number of aromatic nitrogens is 3. The average Bonchev–Trinajstić information content (AvgIpc) is 3.42. The van der Waals surface area contributed by atoms with Gasteiger partial charge in [-0.3, -0.25) is 9.89 Å². The van der Waals surface area contributed by atoms with Gasteiger partial charge < -0.3 is 14.7 Å². The molecule has 2 aromatic heterocycles. The van der Waals surface area contributed by atoms with Crippen molar-refractivity contribution in [2.45, 2.75) is 20.0 Å². The highest BCUT2D eigenvalue weighted by atomic mass is 127. The second kappa shape index (κ2) is 10.6. The fourth-order valence-electron chi connectivity index (χ4n) is 3.58. The van der Waals surface area contributed by atoms with Gasteiger partial charge in [0.25, 0.3) is 0 Å². The number of nitrogens with zero attached hydrogens (tertiary/aromatic N) is 6. The van der Waals surface area contributed by atoms with E-state index in [9.17, 15) is 0 Å². The quantitative estimate of drug-likeness (QED) is 0.316. The number of guanidine groups is 1. The lowest BCUT2D eigenvalue weighted by atomic mass is 10.2. The Kier molecular flexibility index (Phi) is 7.86. The van der Waals surface area contributed by atoms with Gasteiger partial charge in [-0.05, 0) is 30.7 Å². The molecule has 3 aromatic rings. The minimum atomic E-state index is 0. The number of aliphatic imine (C=N–C) groups is 1. The van der Waals surface area contributed by atoms with Crippen molar-refractivity contribution in [3.63, 3.8) is 0 Å². The Hall–Kier alpha value is -2.40. The van der Waals surface area contributed by atoms with E-state index in [1.54, 1.807) is 6.20 Å². The molecule has 0 aliphatic carbocycles. The van der Waals surface area contributed by atoms with Crippen LogP contribution in [0.5, 0.6) is 0 Å². The molecule has 0 radical (unpaired) electrons. The van der Waals surface area contributed by atoms with Gasteiger partial charge >= 0.3 is 0 Å². The molecule has 0 saturated carbocycles. The minimum Gasteiger partial charge on any atom is -0.361 e. The molecule has 8 nitrogen and oxygen atoms in total. The number of nitrogens with one attached hydrogen (secondary N) is 1. The van der Waals surface area contributed by atoms with Crippen LogP contribution < -0.4 is 5.32 Å². The van der Waals surface area contributed by atoms with Crippen molar-refractivity contribution >= 4 is 29.9 Å². The van der Waals surface area contributed by atoms with E-state index in [1.807, 2.05) is 37.0 Å². The summed E-state index contributed by atoms with van der Waals surface area (Å²) in [5.74, 6) is 1.80. The highest BCUT2D eigenvalue weighted by Gasteiger charge is 2.20. The zero-order valence-electron chi connectivity index (χ0n) is 17.4. The van der Waals surface area contributed by atoms with Crippen LogP contribution in [0.1, 0.15) is 17.0 Å². The monoisotopic (exact) mass is 521 g/mol. The highest BCUT2D eigenvalue weighted by molar-refractivity contribution is 14.0. The van der Waals surface area contributed by atoms with Crippen LogP contribution in [0.15, 0.2) is 58.3 Å². The molecule has 1 aliphatic rings. The van der Waals surface area contributed by atoms with Gasteiger partial charge in [0.1, 0.15) is 5.76 Å². The molecule has 0 atom stereocenters. The molecule has 4 rings (SSSR count). The number of aryl methyl sites for hydroxylation is 1. The van der Waals surface area contributed by atoms with Crippen molar-refractivity contribution in [3.8, 4) is 5.69 Å². The van der Waals surface area contributed by atoms with Gasteiger partial charge in [-0.25, -0.2) is 4.68 Å². The summed E-state index contributed by atoms with van der Waals surface area (Å²) in [7, 11) is 1.84. The van der Waals surface area contributed by atoms with E-state index >= 15 is 0 Å². The summed E-state index contributed by atoms with van der Waals surface area (Å²) in [6.45, 7) is 7.29. The van der Waals surface area contributed by atoms with Crippen molar-refractivity contribution in [1.82, 2.24) is 30.1 Å². The van der Waals surface area contributed by atoms with Crippen LogP contribution in [0, 0.1) is 6.92 Å². The standard InChI is InChI=1S/C21H27N7O.HI/c1-17-13-19(25-29-17)16-26-9-11-27(12-10-26)21(22-2)23-15-18-5-3-6-20(14-18)28-8-4-7-24-28;/h3-8,13-14H,9-12,15-16H2,1-2H3,(H,22,23);1H. The van der Waals surface area contributed by atoms with Crippen LogP contribution in [-0.2, 0) is 13.1 Å². The average molecular weight is 521 g/mol. The molecule has 1 fully saturated rings. The van der Waals surface area contributed by atoms with Gasteiger partial charge in [-0.1, -0.05) is 17.3 Å². The molecule has 0 bridgehead atoms. The first-order valence-corrected chi connectivity index (χ1v) is 9.90. The predicted octanol–water partition coefficient (Wildman–Crippen LogP) is 2.68. The second-order valence-corrected chi connectivity index (χ2v) is 7.21. The van der Waals surface area contributed by atoms with E-state index in [0.29, 0.717) is 0 Å². The number of hydrogen-bond donors (Lipinski definition) is 1. The predicted molar refractivity (Wildman–Crippen MR) is 127 cm³/mol. The number of rotatable bonds is 5. The summed E-state index contributed by atoms with van der Waals surface area (Å²) in [5.41, 5.74) is 3.25. The third kappa shape index (κ3) is 5.60.